The third-order valence-corrected chi connectivity index (χ3v) is 4.66. The fourth-order valence-electron chi connectivity index (χ4n) is 3.35. The van der Waals surface area contributed by atoms with Gasteiger partial charge in [0.1, 0.15) is 11.5 Å². The van der Waals surface area contributed by atoms with Gasteiger partial charge in [0.25, 0.3) is 5.91 Å². The molecule has 7 nitrogen and oxygen atoms in total. The fourth-order valence-corrected chi connectivity index (χ4v) is 3.35. The quantitative estimate of drug-likeness (QED) is 0.909. The Labute approximate surface area is 152 Å². The van der Waals surface area contributed by atoms with Crippen LogP contribution in [0.25, 0.3) is 0 Å². The summed E-state index contributed by atoms with van der Waals surface area (Å²) in [5, 5.41) is 2.90. The van der Waals surface area contributed by atoms with Crippen molar-refractivity contribution in [3.8, 4) is 0 Å². The molecule has 0 bridgehead atoms. The molecular weight excluding hydrogens is 330 g/mol. The topological polar surface area (TPSA) is 88.1 Å². The predicted octanol–water partition coefficient (Wildman–Crippen LogP) is 2.10. The number of pyridine rings is 1. The molecule has 0 aromatic carbocycles. The molecule has 0 aliphatic carbocycles. The van der Waals surface area contributed by atoms with Crippen molar-refractivity contribution >= 4 is 11.8 Å². The number of aromatic nitrogens is 3. The minimum atomic E-state index is -0.232. The van der Waals surface area contributed by atoms with Gasteiger partial charge >= 0.3 is 0 Å². The fraction of sp³-hybridized carbons (Fsp3) is 0.421. The van der Waals surface area contributed by atoms with E-state index in [1.165, 1.54) is 0 Å². The van der Waals surface area contributed by atoms with Crippen LogP contribution in [0.1, 0.15) is 58.9 Å². The molecule has 136 valence electrons. The number of aryl methyl sites for hydroxylation is 2. The van der Waals surface area contributed by atoms with Crippen LogP contribution >= 0.6 is 0 Å². The molecule has 3 rings (SSSR count). The van der Waals surface area contributed by atoms with E-state index in [4.69, 9.17) is 0 Å². The van der Waals surface area contributed by atoms with E-state index in [-0.39, 0.29) is 17.9 Å². The second kappa shape index (κ2) is 7.59. The van der Waals surface area contributed by atoms with Crippen LogP contribution in [-0.2, 0) is 11.3 Å². The molecule has 2 amide bonds. The van der Waals surface area contributed by atoms with Gasteiger partial charge in [-0.2, -0.15) is 0 Å². The predicted molar refractivity (Wildman–Crippen MR) is 96.3 cm³/mol. The number of hydrogen-bond donors (Lipinski definition) is 1. The Bertz CT molecular complexity index is 836. The van der Waals surface area contributed by atoms with E-state index in [9.17, 15) is 9.59 Å². The average molecular weight is 353 g/mol. The molecule has 1 aliphatic rings. The van der Waals surface area contributed by atoms with Gasteiger partial charge in [0.15, 0.2) is 0 Å². The molecule has 1 aliphatic heterocycles. The summed E-state index contributed by atoms with van der Waals surface area (Å²) in [6.07, 6.45) is 5.16. The van der Waals surface area contributed by atoms with Gasteiger partial charge in [-0.1, -0.05) is 6.07 Å². The molecule has 0 saturated carbocycles. The van der Waals surface area contributed by atoms with E-state index in [1.807, 2.05) is 24.8 Å². The first-order valence-electron chi connectivity index (χ1n) is 8.77. The van der Waals surface area contributed by atoms with Crippen molar-refractivity contribution in [2.24, 2.45) is 0 Å². The molecule has 1 fully saturated rings. The minimum absolute atomic E-state index is 0.0443. The zero-order chi connectivity index (χ0) is 18.7. The van der Waals surface area contributed by atoms with E-state index < -0.39 is 0 Å². The van der Waals surface area contributed by atoms with E-state index in [1.54, 1.807) is 25.4 Å². The molecule has 1 atom stereocenters. The van der Waals surface area contributed by atoms with Crippen molar-refractivity contribution in [2.45, 2.75) is 46.2 Å². The maximum atomic E-state index is 12.4. The van der Waals surface area contributed by atoms with Crippen LogP contribution < -0.4 is 5.32 Å². The number of nitrogens with one attached hydrogen (secondary N) is 1. The molecule has 7 heteroatoms. The Kier molecular flexibility index (Phi) is 5.25. The summed E-state index contributed by atoms with van der Waals surface area (Å²) in [6.45, 7) is 6.30. The number of likely N-dealkylation sites (tertiary alicyclic amines) is 1. The zero-order valence-electron chi connectivity index (χ0n) is 15.3. The molecule has 1 saturated heterocycles. The summed E-state index contributed by atoms with van der Waals surface area (Å²) < 4.78 is 0. The Hall–Kier alpha value is -2.83. The molecule has 26 heavy (non-hydrogen) atoms. The number of carbonyl (C=O) groups excluding carboxylic acids is 2. The molecule has 2 aromatic heterocycles. The van der Waals surface area contributed by atoms with Crippen molar-refractivity contribution < 1.29 is 9.59 Å². The summed E-state index contributed by atoms with van der Waals surface area (Å²) >= 11 is 0. The van der Waals surface area contributed by atoms with Crippen LogP contribution in [0.15, 0.2) is 24.5 Å². The third kappa shape index (κ3) is 3.71. The molecule has 1 N–H and O–H groups in total. The van der Waals surface area contributed by atoms with Crippen molar-refractivity contribution in [1.29, 1.82) is 0 Å². The van der Waals surface area contributed by atoms with Crippen molar-refractivity contribution in [3.05, 3.63) is 52.9 Å². The molecule has 0 spiro atoms. The molecule has 2 aromatic rings. The Morgan fingerprint density at radius 1 is 1.31 bits per heavy atom. The van der Waals surface area contributed by atoms with Gasteiger partial charge in [0.2, 0.25) is 5.91 Å². The molecule has 1 unspecified atom stereocenters. The van der Waals surface area contributed by atoms with Gasteiger partial charge in [-0.15, -0.1) is 0 Å². The summed E-state index contributed by atoms with van der Waals surface area (Å²) in [5.74, 6) is 0.471. The van der Waals surface area contributed by atoms with Gasteiger partial charge in [-0.25, -0.2) is 9.97 Å². The van der Waals surface area contributed by atoms with Crippen molar-refractivity contribution in [3.63, 3.8) is 0 Å². The maximum absolute atomic E-state index is 12.4. The van der Waals surface area contributed by atoms with Crippen LogP contribution in [0.4, 0.5) is 0 Å². The minimum Gasteiger partial charge on any atom is -0.346 e. The summed E-state index contributed by atoms with van der Waals surface area (Å²) in [5.41, 5.74) is 2.89. The Morgan fingerprint density at radius 2 is 2.12 bits per heavy atom. The SMILES string of the molecule is CC(=O)N1CCCC1c1nc(C)ncc1CNC(=O)c1ncccc1C. The van der Waals surface area contributed by atoms with Crippen LogP contribution in [-0.4, -0.2) is 38.2 Å². The highest BCUT2D eigenvalue weighted by Crippen LogP contribution is 2.32. The number of nitrogens with zero attached hydrogens (tertiary/aromatic N) is 4. The normalized spacial score (nSPS) is 16.6. The smallest absolute Gasteiger partial charge is 0.270 e. The number of hydrogen-bond acceptors (Lipinski definition) is 5. The van der Waals surface area contributed by atoms with E-state index >= 15 is 0 Å². The highest BCUT2D eigenvalue weighted by molar-refractivity contribution is 5.93. The van der Waals surface area contributed by atoms with Crippen LogP contribution in [0.3, 0.4) is 0 Å². The summed E-state index contributed by atoms with van der Waals surface area (Å²) in [7, 11) is 0. The molecular formula is C19H23N5O2. The number of amides is 2. The lowest BCUT2D eigenvalue weighted by atomic mass is 10.1. The average Bonchev–Trinajstić information content (AvgIpc) is 3.10. The van der Waals surface area contributed by atoms with Gasteiger partial charge in [0, 0.05) is 38.0 Å². The first kappa shape index (κ1) is 18.0. The first-order valence-corrected chi connectivity index (χ1v) is 8.77. The van der Waals surface area contributed by atoms with E-state index in [0.717, 1.165) is 36.2 Å². The van der Waals surface area contributed by atoms with Crippen molar-refractivity contribution in [1.82, 2.24) is 25.2 Å². The first-order chi connectivity index (χ1) is 12.5. The van der Waals surface area contributed by atoms with Gasteiger partial charge in [-0.3, -0.25) is 14.6 Å². The lowest BCUT2D eigenvalue weighted by Crippen LogP contribution is -2.31. The largest absolute Gasteiger partial charge is 0.346 e. The lowest BCUT2D eigenvalue weighted by molar-refractivity contribution is -0.129. The molecule has 0 radical (unpaired) electrons. The Balaban J connectivity index is 1.81. The second-order valence-corrected chi connectivity index (χ2v) is 6.55. The number of rotatable bonds is 4. The van der Waals surface area contributed by atoms with E-state index in [2.05, 4.69) is 20.3 Å². The molecule has 3 heterocycles. The lowest BCUT2D eigenvalue weighted by Gasteiger charge is -2.25. The van der Waals surface area contributed by atoms with Gasteiger partial charge in [0.05, 0.1) is 11.7 Å². The van der Waals surface area contributed by atoms with E-state index in [0.29, 0.717) is 18.1 Å². The standard InChI is InChI=1S/C19H23N5O2/c1-12-6-4-8-20-17(12)19(26)22-11-15-10-21-13(2)23-18(15)16-7-5-9-24(16)14(3)25/h4,6,8,10,16H,5,7,9,11H2,1-3H3,(H,22,26). The monoisotopic (exact) mass is 353 g/mol. The Morgan fingerprint density at radius 3 is 2.85 bits per heavy atom. The van der Waals surface area contributed by atoms with Gasteiger partial charge < -0.3 is 10.2 Å². The van der Waals surface area contributed by atoms with Crippen LogP contribution in [0, 0.1) is 13.8 Å². The van der Waals surface area contributed by atoms with Crippen LogP contribution in [0.2, 0.25) is 0 Å². The van der Waals surface area contributed by atoms with Gasteiger partial charge in [-0.05, 0) is 38.3 Å². The second-order valence-electron chi connectivity index (χ2n) is 6.55. The summed E-state index contributed by atoms with van der Waals surface area (Å²) in [4.78, 5) is 39.2. The zero-order valence-corrected chi connectivity index (χ0v) is 15.3. The summed E-state index contributed by atoms with van der Waals surface area (Å²) in [6, 6.07) is 3.60. The van der Waals surface area contributed by atoms with Crippen molar-refractivity contribution in [2.75, 3.05) is 6.54 Å². The maximum Gasteiger partial charge on any atom is 0.270 e. The highest BCUT2D eigenvalue weighted by Gasteiger charge is 2.31. The number of carbonyl (C=O) groups is 2. The van der Waals surface area contributed by atoms with Crippen LogP contribution in [0.5, 0.6) is 0 Å². The third-order valence-electron chi connectivity index (χ3n) is 4.66. The highest BCUT2D eigenvalue weighted by atomic mass is 16.2.